The number of carbonyl (C=O) groups excluding carboxylic acids is 2. The second-order valence-corrected chi connectivity index (χ2v) is 7.27. The van der Waals surface area contributed by atoms with Gasteiger partial charge in [0, 0.05) is 39.6 Å². The Kier molecular flexibility index (Phi) is 4.91. The van der Waals surface area contributed by atoms with Crippen molar-refractivity contribution in [2.24, 2.45) is 11.3 Å². The molecule has 0 aromatic carbocycles. The SMILES string of the molecule is CN(C)C(=O)C1CNCCN1C(=O)C1CCCCC1(C)C. The quantitative estimate of drug-likeness (QED) is 0.830. The summed E-state index contributed by atoms with van der Waals surface area (Å²) in [6, 6.07) is -0.348. The van der Waals surface area contributed by atoms with E-state index in [2.05, 4.69) is 19.2 Å². The Morgan fingerprint density at radius 1 is 1.24 bits per heavy atom. The number of hydrogen-bond acceptors (Lipinski definition) is 3. The predicted octanol–water partition coefficient (Wildman–Crippen LogP) is 1.09. The van der Waals surface area contributed by atoms with E-state index in [0.29, 0.717) is 13.1 Å². The average Bonchev–Trinajstić information content (AvgIpc) is 2.45. The summed E-state index contributed by atoms with van der Waals surface area (Å²) in [7, 11) is 3.51. The Hall–Kier alpha value is -1.10. The van der Waals surface area contributed by atoms with E-state index in [1.807, 2.05) is 4.90 Å². The monoisotopic (exact) mass is 295 g/mol. The number of piperazine rings is 1. The molecule has 1 aliphatic carbocycles. The number of hydrogen-bond donors (Lipinski definition) is 1. The Morgan fingerprint density at radius 3 is 2.57 bits per heavy atom. The molecule has 0 aromatic heterocycles. The van der Waals surface area contributed by atoms with E-state index in [-0.39, 0.29) is 29.2 Å². The van der Waals surface area contributed by atoms with Crippen LogP contribution in [0.5, 0.6) is 0 Å². The van der Waals surface area contributed by atoms with E-state index in [9.17, 15) is 9.59 Å². The highest BCUT2D eigenvalue weighted by atomic mass is 16.2. The van der Waals surface area contributed by atoms with Crippen molar-refractivity contribution >= 4 is 11.8 Å². The summed E-state index contributed by atoms with van der Waals surface area (Å²) in [6.45, 7) is 6.36. The van der Waals surface area contributed by atoms with Gasteiger partial charge in [0.1, 0.15) is 6.04 Å². The van der Waals surface area contributed by atoms with Crippen LogP contribution >= 0.6 is 0 Å². The number of nitrogens with zero attached hydrogens (tertiary/aromatic N) is 2. The Morgan fingerprint density at radius 2 is 1.95 bits per heavy atom. The summed E-state index contributed by atoms with van der Waals surface area (Å²) in [5.74, 6) is 0.257. The molecule has 2 amide bonds. The number of rotatable bonds is 2. The van der Waals surface area contributed by atoms with Crippen molar-refractivity contribution in [3.63, 3.8) is 0 Å². The molecule has 0 spiro atoms. The van der Waals surface area contributed by atoms with Gasteiger partial charge in [-0.1, -0.05) is 26.7 Å². The van der Waals surface area contributed by atoms with Crippen molar-refractivity contribution in [2.75, 3.05) is 33.7 Å². The second kappa shape index (κ2) is 6.34. The molecule has 1 saturated heterocycles. The predicted molar refractivity (Wildman–Crippen MR) is 82.8 cm³/mol. The highest BCUT2D eigenvalue weighted by molar-refractivity contribution is 5.89. The van der Waals surface area contributed by atoms with Crippen molar-refractivity contribution in [1.82, 2.24) is 15.1 Å². The lowest BCUT2D eigenvalue weighted by Gasteiger charge is -2.44. The molecule has 2 unspecified atom stereocenters. The van der Waals surface area contributed by atoms with Crippen LogP contribution in [-0.2, 0) is 9.59 Å². The maximum absolute atomic E-state index is 13.0. The van der Waals surface area contributed by atoms with Gasteiger partial charge in [0.15, 0.2) is 0 Å². The molecule has 21 heavy (non-hydrogen) atoms. The lowest BCUT2D eigenvalue weighted by atomic mass is 9.68. The van der Waals surface area contributed by atoms with E-state index in [4.69, 9.17) is 0 Å². The normalized spacial score (nSPS) is 29.0. The number of carbonyl (C=O) groups is 2. The van der Waals surface area contributed by atoms with E-state index < -0.39 is 0 Å². The molecule has 5 nitrogen and oxygen atoms in total. The highest BCUT2D eigenvalue weighted by Gasteiger charge is 2.42. The minimum atomic E-state index is -0.348. The van der Waals surface area contributed by atoms with E-state index >= 15 is 0 Å². The molecule has 1 heterocycles. The minimum absolute atomic E-state index is 0.0177. The molecule has 1 aliphatic heterocycles. The van der Waals surface area contributed by atoms with Crippen molar-refractivity contribution in [2.45, 2.75) is 45.6 Å². The summed E-state index contributed by atoms with van der Waals surface area (Å²) in [4.78, 5) is 28.8. The van der Waals surface area contributed by atoms with Gasteiger partial charge in [-0.3, -0.25) is 9.59 Å². The minimum Gasteiger partial charge on any atom is -0.347 e. The van der Waals surface area contributed by atoms with Gasteiger partial charge in [-0.2, -0.15) is 0 Å². The zero-order valence-electron chi connectivity index (χ0n) is 13.8. The first-order valence-corrected chi connectivity index (χ1v) is 8.07. The fourth-order valence-corrected chi connectivity index (χ4v) is 3.64. The number of amides is 2. The van der Waals surface area contributed by atoms with Crippen LogP contribution < -0.4 is 5.32 Å². The molecule has 2 atom stereocenters. The van der Waals surface area contributed by atoms with Crippen molar-refractivity contribution in [1.29, 1.82) is 0 Å². The van der Waals surface area contributed by atoms with Gasteiger partial charge < -0.3 is 15.1 Å². The fourth-order valence-electron chi connectivity index (χ4n) is 3.64. The van der Waals surface area contributed by atoms with Crippen molar-refractivity contribution in [3.8, 4) is 0 Å². The van der Waals surface area contributed by atoms with Crippen LogP contribution in [0.4, 0.5) is 0 Å². The largest absolute Gasteiger partial charge is 0.347 e. The smallest absolute Gasteiger partial charge is 0.246 e. The summed E-state index contributed by atoms with van der Waals surface area (Å²) < 4.78 is 0. The Bertz CT molecular complexity index is 406. The molecule has 2 fully saturated rings. The van der Waals surface area contributed by atoms with Crippen LogP contribution in [0.2, 0.25) is 0 Å². The number of nitrogens with one attached hydrogen (secondary N) is 1. The van der Waals surface area contributed by atoms with Gasteiger partial charge >= 0.3 is 0 Å². The Balaban J connectivity index is 2.16. The summed E-state index contributed by atoms with van der Waals surface area (Å²) in [5.41, 5.74) is 0.0475. The molecule has 0 bridgehead atoms. The molecule has 120 valence electrons. The molecular formula is C16H29N3O2. The van der Waals surface area contributed by atoms with Crippen LogP contribution in [0.3, 0.4) is 0 Å². The van der Waals surface area contributed by atoms with Gasteiger partial charge in [0.2, 0.25) is 11.8 Å². The maximum atomic E-state index is 13.0. The Labute approximate surface area is 128 Å². The zero-order valence-corrected chi connectivity index (χ0v) is 13.8. The van der Waals surface area contributed by atoms with Crippen molar-refractivity contribution < 1.29 is 9.59 Å². The molecule has 0 radical (unpaired) electrons. The summed E-state index contributed by atoms with van der Waals surface area (Å²) in [5, 5.41) is 3.24. The van der Waals surface area contributed by atoms with Crippen molar-refractivity contribution in [3.05, 3.63) is 0 Å². The summed E-state index contributed by atoms with van der Waals surface area (Å²) in [6.07, 6.45) is 4.39. The summed E-state index contributed by atoms with van der Waals surface area (Å²) >= 11 is 0. The zero-order chi connectivity index (χ0) is 15.6. The fraction of sp³-hybridized carbons (Fsp3) is 0.875. The van der Waals surface area contributed by atoms with Crippen LogP contribution in [-0.4, -0.2) is 61.4 Å². The van der Waals surface area contributed by atoms with Crippen LogP contribution in [0.15, 0.2) is 0 Å². The third-order valence-electron chi connectivity index (χ3n) is 5.06. The van der Waals surface area contributed by atoms with Gasteiger partial charge in [-0.05, 0) is 18.3 Å². The third-order valence-corrected chi connectivity index (χ3v) is 5.06. The van der Waals surface area contributed by atoms with Gasteiger partial charge in [0.05, 0.1) is 0 Å². The number of likely N-dealkylation sites (N-methyl/N-ethyl adjacent to an activating group) is 1. The standard InChI is InChI=1S/C16H29N3O2/c1-16(2)8-6-5-7-12(16)14(20)19-10-9-17-11-13(19)15(21)18(3)4/h12-13,17H,5-11H2,1-4H3. The van der Waals surface area contributed by atoms with Crippen LogP contribution in [0, 0.1) is 11.3 Å². The van der Waals surface area contributed by atoms with Gasteiger partial charge in [-0.25, -0.2) is 0 Å². The lowest BCUT2D eigenvalue weighted by Crippen LogP contribution is -2.61. The van der Waals surface area contributed by atoms with Gasteiger partial charge in [0.25, 0.3) is 0 Å². The van der Waals surface area contributed by atoms with E-state index in [1.54, 1.807) is 19.0 Å². The maximum Gasteiger partial charge on any atom is 0.246 e. The first-order chi connectivity index (χ1) is 9.84. The first-order valence-electron chi connectivity index (χ1n) is 8.07. The third kappa shape index (κ3) is 3.39. The molecule has 2 aliphatic rings. The second-order valence-electron chi connectivity index (χ2n) is 7.27. The topological polar surface area (TPSA) is 52.7 Å². The molecule has 5 heteroatoms. The average molecular weight is 295 g/mol. The first kappa shape index (κ1) is 16.3. The molecule has 0 aromatic rings. The van der Waals surface area contributed by atoms with Crippen LogP contribution in [0.25, 0.3) is 0 Å². The van der Waals surface area contributed by atoms with E-state index in [0.717, 1.165) is 25.8 Å². The van der Waals surface area contributed by atoms with E-state index in [1.165, 1.54) is 6.42 Å². The lowest BCUT2D eigenvalue weighted by molar-refractivity contribution is -0.151. The molecular weight excluding hydrogens is 266 g/mol. The molecule has 1 saturated carbocycles. The highest BCUT2D eigenvalue weighted by Crippen LogP contribution is 2.41. The molecule has 2 rings (SSSR count). The van der Waals surface area contributed by atoms with Crippen LogP contribution in [0.1, 0.15) is 39.5 Å². The van der Waals surface area contributed by atoms with Gasteiger partial charge in [-0.15, -0.1) is 0 Å². The molecule has 1 N–H and O–H groups in total.